The Morgan fingerprint density at radius 3 is 2.70 bits per heavy atom. The van der Waals surface area contributed by atoms with Gasteiger partial charge in [-0.1, -0.05) is 24.6 Å². The molecule has 4 nitrogen and oxygen atoms in total. The van der Waals surface area contributed by atoms with Crippen LogP contribution in [-0.2, 0) is 0 Å². The van der Waals surface area contributed by atoms with Crippen LogP contribution >= 0.6 is 27.7 Å². The Bertz CT molecular complexity index is 722. The van der Waals surface area contributed by atoms with Gasteiger partial charge in [-0.3, -0.25) is 9.36 Å². The smallest absolute Gasteiger partial charge is 0.266 e. The molecule has 2 aromatic rings. The minimum atomic E-state index is 0.0227. The van der Waals surface area contributed by atoms with E-state index in [1.54, 1.807) is 0 Å². The molecular weight excluding hydrogens is 338 g/mol. The first kappa shape index (κ1) is 14.1. The SMILES string of the molecule is CSc1nc(C)c2cc(Br)c(=O)n(C3CCCC3)c2n1. The van der Waals surface area contributed by atoms with Crippen molar-refractivity contribution < 1.29 is 0 Å². The number of thioether (sulfide) groups is 1. The number of hydrogen-bond acceptors (Lipinski definition) is 4. The van der Waals surface area contributed by atoms with Crippen molar-refractivity contribution in [2.75, 3.05) is 6.26 Å². The van der Waals surface area contributed by atoms with Gasteiger partial charge in [-0.25, -0.2) is 9.97 Å². The number of rotatable bonds is 2. The fourth-order valence-corrected chi connectivity index (χ4v) is 3.71. The summed E-state index contributed by atoms with van der Waals surface area (Å²) in [7, 11) is 0. The molecule has 0 amide bonds. The Labute approximate surface area is 130 Å². The van der Waals surface area contributed by atoms with Crippen LogP contribution in [-0.4, -0.2) is 20.8 Å². The van der Waals surface area contributed by atoms with Crippen LogP contribution in [0.4, 0.5) is 0 Å². The maximum Gasteiger partial charge on any atom is 0.266 e. The molecule has 1 fully saturated rings. The van der Waals surface area contributed by atoms with Crippen LogP contribution in [0.5, 0.6) is 0 Å². The van der Waals surface area contributed by atoms with E-state index in [9.17, 15) is 4.79 Å². The molecule has 2 heterocycles. The zero-order valence-electron chi connectivity index (χ0n) is 11.5. The van der Waals surface area contributed by atoms with Gasteiger partial charge in [0.15, 0.2) is 5.16 Å². The largest absolute Gasteiger partial charge is 0.288 e. The van der Waals surface area contributed by atoms with Gasteiger partial charge >= 0.3 is 0 Å². The van der Waals surface area contributed by atoms with Crippen molar-refractivity contribution in [2.45, 2.75) is 43.8 Å². The van der Waals surface area contributed by atoms with Crippen LogP contribution in [0.2, 0.25) is 0 Å². The maximum absolute atomic E-state index is 12.5. The lowest BCUT2D eigenvalue weighted by Crippen LogP contribution is -2.25. The molecule has 0 aromatic carbocycles. The summed E-state index contributed by atoms with van der Waals surface area (Å²) in [6.45, 7) is 1.97. The van der Waals surface area contributed by atoms with Crippen LogP contribution in [0.15, 0.2) is 20.5 Å². The monoisotopic (exact) mass is 353 g/mol. The maximum atomic E-state index is 12.5. The molecule has 0 spiro atoms. The summed E-state index contributed by atoms with van der Waals surface area (Å²) in [4.78, 5) is 21.6. The summed E-state index contributed by atoms with van der Waals surface area (Å²) >= 11 is 4.90. The van der Waals surface area contributed by atoms with Gasteiger partial charge < -0.3 is 0 Å². The second-order valence-electron chi connectivity index (χ2n) is 5.14. The summed E-state index contributed by atoms with van der Waals surface area (Å²) in [6, 6.07) is 2.12. The number of fused-ring (bicyclic) bond motifs is 1. The van der Waals surface area contributed by atoms with Gasteiger partial charge in [0.05, 0.1) is 10.2 Å². The van der Waals surface area contributed by atoms with E-state index in [0.717, 1.165) is 34.7 Å². The van der Waals surface area contributed by atoms with E-state index in [4.69, 9.17) is 0 Å². The molecule has 1 saturated carbocycles. The van der Waals surface area contributed by atoms with Crippen molar-refractivity contribution in [1.82, 2.24) is 14.5 Å². The molecule has 6 heteroatoms. The third kappa shape index (κ3) is 2.29. The highest BCUT2D eigenvalue weighted by molar-refractivity contribution is 9.10. The highest BCUT2D eigenvalue weighted by Crippen LogP contribution is 2.32. The molecule has 0 bridgehead atoms. The summed E-state index contributed by atoms with van der Waals surface area (Å²) in [5.41, 5.74) is 1.73. The van der Waals surface area contributed by atoms with Crippen molar-refractivity contribution in [2.24, 2.45) is 0 Å². The minimum absolute atomic E-state index is 0.0227. The van der Waals surface area contributed by atoms with Gasteiger partial charge in [0.1, 0.15) is 5.65 Å². The van der Waals surface area contributed by atoms with E-state index in [0.29, 0.717) is 4.47 Å². The zero-order chi connectivity index (χ0) is 14.3. The lowest BCUT2D eigenvalue weighted by Gasteiger charge is -2.17. The number of hydrogen-bond donors (Lipinski definition) is 0. The summed E-state index contributed by atoms with van der Waals surface area (Å²) in [6.07, 6.45) is 6.44. The third-order valence-electron chi connectivity index (χ3n) is 3.89. The lowest BCUT2D eigenvalue weighted by molar-refractivity contribution is 0.513. The van der Waals surface area contributed by atoms with E-state index < -0.39 is 0 Å². The first-order valence-electron chi connectivity index (χ1n) is 6.75. The van der Waals surface area contributed by atoms with Crippen LogP contribution in [0.25, 0.3) is 11.0 Å². The van der Waals surface area contributed by atoms with Crippen LogP contribution in [0.1, 0.15) is 37.4 Å². The molecule has 0 unspecified atom stereocenters. The van der Waals surface area contributed by atoms with Gasteiger partial charge in [0, 0.05) is 11.4 Å². The minimum Gasteiger partial charge on any atom is -0.288 e. The fourth-order valence-electron chi connectivity index (χ4n) is 2.89. The second kappa shape index (κ2) is 5.48. The fraction of sp³-hybridized carbons (Fsp3) is 0.500. The molecule has 1 aliphatic rings. The number of nitrogens with zero attached hydrogens (tertiary/aromatic N) is 3. The average molecular weight is 354 g/mol. The van der Waals surface area contributed by atoms with Crippen molar-refractivity contribution in [3.8, 4) is 0 Å². The molecule has 0 radical (unpaired) electrons. The molecule has 0 aliphatic heterocycles. The van der Waals surface area contributed by atoms with E-state index in [2.05, 4.69) is 25.9 Å². The molecule has 0 N–H and O–H groups in total. The van der Waals surface area contributed by atoms with E-state index in [-0.39, 0.29) is 11.6 Å². The molecule has 2 aromatic heterocycles. The molecule has 20 heavy (non-hydrogen) atoms. The van der Waals surface area contributed by atoms with Gasteiger partial charge in [-0.15, -0.1) is 0 Å². The molecule has 3 rings (SSSR count). The van der Waals surface area contributed by atoms with Gasteiger partial charge in [-0.05, 0) is 48.0 Å². The predicted molar refractivity (Wildman–Crippen MR) is 85.5 cm³/mol. The van der Waals surface area contributed by atoms with Gasteiger partial charge in [-0.2, -0.15) is 0 Å². The normalized spacial score (nSPS) is 16.1. The van der Waals surface area contributed by atoms with E-state index in [1.807, 2.05) is 23.8 Å². The molecule has 0 atom stereocenters. The number of aryl methyl sites for hydroxylation is 1. The van der Waals surface area contributed by atoms with Crippen molar-refractivity contribution in [3.05, 3.63) is 26.6 Å². The van der Waals surface area contributed by atoms with Crippen LogP contribution in [0.3, 0.4) is 0 Å². The van der Waals surface area contributed by atoms with Crippen molar-refractivity contribution in [1.29, 1.82) is 0 Å². The molecular formula is C14H16BrN3OS. The standard InChI is InChI=1S/C14H16BrN3OS/c1-8-10-7-11(15)13(19)18(9-5-3-4-6-9)12(10)17-14(16-8)20-2/h7,9H,3-6H2,1-2H3. The highest BCUT2D eigenvalue weighted by atomic mass is 79.9. The van der Waals surface area contributed by atoms with E-state index >= 15 is 0 Å². The highest BCUT2D eigenvalue weighted by Gasteiger charge is 2.22. The van der Waals surface area contributed by atoms with Crippen molar-refractivity contribution in [3.63, 3.8) is 0 Å². The Morgan fingerprint density at radius 2 is 2.05 bits per heavy atom. The first-order valence-corrected chi connectivity index (χ1v) is 8.77. The average Bonchev–Trinajstić information content (AvgIpc) is 2.94. The van der Waals surface area contributed by atoms with Crippen LogP contribution in [0, 0.1) is 6.92 Å². The topological polar surface area (TPSA) is 47.8 Å². The Balaban J connectivity index is 2.37. The first-order chi connectivity index (χ1) is 9.61. The van der Waals surface area contributed by atoms with Gasteiger partial charge in [0.25, 0.3) is 5.56 Å². The second-order valence-corrected chi connectivity index (χ2v) is 6.77. The Hall–Kier alpha value is -0.880. The lowest BCUT2D eigenvalue weighted by atomic mass is 10.2. The molecule has 0 saturated heterocycles. The van der Waals surface area contributed by atoms with Gasteiger partial charge in [0.2, 0.25) is 0 Å². The Kier molecular flexibility index (Phi) is 3.86. The quantitative estimate of drug-likeness (QED) is 0.610. The molecule has 1 aliphatic carbocycles. The van der Waals surface area contributed by atoms with E-state index in [1.165, 1.54) is 24.6 Å². The number of aromatic nitrogens is 3. The molecule has 106 valence electrons. The van der Waals surface area contributed by atoms with Crippen molar-refractivity contribution >= 4 is 38.7 Å². The number of pyridine rings is 1. The third-order valence-corrected chi connectivity index (χ3v) is 5.01. The summed E-state index contributed by atoms with van der Waals surface area (Å²) in [5, 5.41) is 1.68. The zero-order valence-corrected chi connectivity index (χ0v) is 13.9. The predicted octanol–water partition coefficient (Wildman–Crippen LogP) is 3.70. The Morgan fingerprint density at radius 1 is 1.35 bits per heavy atom. The number of halogens is 1. The van der Waals surface area contributed by atoms with Crippen LogP contribution < -0.4 is 5.56 Å². The summed E-state index contributed by atoms with van der Waals surface area (Å²) in [5.74, 6) is 0. The summed E-state index contributed by atoms with van der Waals surface area (Å²) < 4.78 is 2.47.